The van der Waals surface area contributed by atoms with E-state index in [-0.39, 0.29) is 40.6 Å². The Morgan fingerprint density at radius 1 is 0.631 bits per heavy atom. The molecule has 0 bridgehead atoms. The number of alkyl halides is 1. The van der Waals surface area contributed by atoms with Gasteiger partial charge in [0.05, 0.1) is 51.6 Å². The number of nitrogens with one attached hydrogen (secondary N) is 3. The van der Waals surface area contributed by atoms with Crippen LogP contribution < -0.4 is 16.0 Å². The summed E-state index contributed by atoms with van der Waals surface area (Å²) >= 11 is 0. The van der Waals surface area contributed by atoms with E-state index in [0.717, 1.165) is 48.9 Å². The third kappa shape index (κ3) is 9.97. The van der Waals surface area contributed by atoms with Gasteiger partial charge in [0.15, 0.2) is 0 Å². The van der Waals surface area contributed by atoms with Crippen LogP contribution >= 0.6 is 0 Å². The van der Waals surface area contributed by atoms with Gasteiger partial charge in [-0.05, 0) is 79.3 Å². The second-order valence-electron chi connectivity index (χ2n) is 16.7. The van der Waals surface area contributed by atoms with E-state index in [9.17, 15) is 37.1 Å². The van der Waals surface area contributed by atoms with Crippen molar-refractivity contribution in [1.82, 2.24) is 30.1 Å². The van der Waals surface area contributed by atoms with Crippen molar-refractivity contribution >= 4 is 39.5 Å². The van der Waals surface area contributed by atoms with Gasteiger partial charge in [0.25, 0.3) is 17.7 Å². The number of hydrogen-bond acceptors (Lipinski definition) is 5. The van der Waals surface area contributed by atoms with Gasteiger partial charge in [0, 0.05) is 55.1 Å². The number of pyridine rings is 1. The van der Waals surface area contributed by atoms with Crippen LogP contribution in [-0.4, -0.2) is 68.4 Å². The number of nitrogens with zero attached hydrogens (tertiary/aromatic N) is 3. The molecule has 2 unspecified atom stereocenters. The molecule has 0 radical (unpaired) electrons. The first-order valence-electron chi connectivity index (χ1n) is 22.0. The fraction of sp³-hybridized carbons (Fsp3) is 0.294. The molecule has 4 aromatic carbocycles. The van der Waals surface area contributed by atoms with Crippen molar-refractivity contribution in [1.29, 1.82) is 0 Å². The zero-order valence-corrected chi connectivity index (χ0v) is 35.9. The molecule has 10 nitrogen and oxygen atoms in total. The Bertz CT molecular complexity index is 2830. The third-order valence-electron chi connectivity index (χ3n) is 12.3. The second kappa shape index (κ2) is 19.9. The lowest BCUT2D eigenvalue weighted by atomic mass is 9.92. The Morgan fingerprint density at radius 2 is 1.20 bits per heavy atom. The molecule has 3 aromatic heterocycles. The molecule has 2 aliphatic carbocycles. The topological polar surface area (TPSA) is 130 Å². The molecule has 0 saturated heterocycles. The van der Waals surface area contributed by atoms with Gasteiger partial charge < -0.3 is 30.2 Å². The van der Waals surface area contributed by atoms with Crippen molar-refractivity contribution in [3.63, 3.8) is 0 Å². The number of carbonyl (C=O) groups excluding carboxylic acids is 3. The molecule has 0 spiro atoms. The predicted octanol–water partition coefficient (Wildman–Crippen LogP) is 9.26. The zero-order chi connectivity index (χ0) is 45.6. The van der Waals surface area contributed by atoms with Crippen LogP contribution in [0.25, 0.3) is 33.1 Å². The fourth-order valence-corrected chi connectivity index (χ4v) is 8.91. The van der Waals surface area contributed by atoms with Crippen LogP contribution in [0.2, 0.25) is 0 Å². The summed E-state index contributed by atoms with van der Waals surface area (Å²) in [6, 6.07) is 26.6. The highest BCUT2D eigenvalue weighted by atomic mass is 19.1. The van der Waals surface area contributed by atoms with Crippen molar-refractivity contribution in [2.75, 3.05) is 7.05 Å². The summed E-state index contributed by atoms with van der Waals surface area (Å²) in [5.41, 5.74) is 4.85. The standard InChI is InChI=1S/C27H26FN3O2.C24H24F3N3O2/c28-21-9-6-11-24-26(21)20(27(33)30-23-10-4-5-12-25(23)32)17-31(24)16-18-13-14-22(29-15-18)19-7-2-1-3-8-19;1-28-23(31)15-10-9-14(11-19(15)27)12-30-13-16(22-18(26)6-4-8-21(22)30)24(32)29-20-7-3-2-5-17(20)25/h1-3,6-9,11,13-15,17,23,25,32H,4-5,10,12,16H2,(H,30,33);4,6,8-11,13,17,20H,2-3,5,7,12H2,1H3,(H,28,31)(H,29,32)/t23-,25-;/m0./s1. The van der Waals surface area contributed by atoms with Crippen molar-refractivity contribution in [2.45, 2.75) is 88.8 Å². The summed E-state index contributed by atoms with van der Waals surface area (Å²) in [4.78, 5) is 42.3. The quantitative estimate of drug-likeness (QED) is 0.102. The summed E-state index contributed by atoms with van der Waals surface area (Å²) in [5.74, 6) is -3.09. The summed E-state index contributed by atoms with van der Waals surface area (Å²) < 4.78 is 61.6. The molecule has 2 aliphatic rings. The van der Waals surface area contributed by atoms with E-state index in [0.29, 0.717) is 47.8 Å². The minimum Gasteiger partial charge on any atom is -0.391 e. The molecule has 3 amide bonds. The Morgan fingerprint density at radius 3 is 1.77 bits per heavy atom. The highest BCUT2D eigenvalue weighted by Crippen LogP contribution is 2.29. The van der Waals surface area contributed by atoms with E-state index >= 15 is 0 Å². The first-order chi connectivity index (χ1) is 31.5. The van der Waals surface area contributed by atoms with Crippen molar-refractivity contribution in [3.05, 3.63) is 161 Å². The normalized spacial score (nSPS) is 18.4. The molecule has 2 saturated carbocycles. The number of benzene rings is 4. The lowest BCUT2D eigenvalue weighted by Crippen LogP contribution is -2.45. The van der Waals surface area contributed by atoms with E-state index < -0.39 is 47.6 Å². The molecule has 2 fully saturated rings. The van der Waals surface area contributed by atoms with E-state index in [1.54, 1.807) is 29.0 Å². The second-order valence-corrected chi connectivity index (χ2v) is 16.7. The van der Waals surface area contributed by atoms with Gasteiger partial charge in [-0.15, -0.1) is 0 Å². The maximum atomic E-state index is 14.8. The lowest BCUT2D eigenvalue weighted by Gasteiger charge is -2.28. The average Bonchev–Trinajstić information content (AvgIpc) is 3.88. The number of aliphatic hydroxyl groups is 1. The van der Waals surface area contributed by atoms with Crippen LogP contribution in [0.1, 0.15) is 93.6 Å². The average molecular weight is 887 g/mol. The molecule has 0 aliphatic heterocycles. The van der Waals surface area contributed by atoms with E-state index in [1.165, 1.54) is 43.6 Å². The monoisotopic (exact) mass is 886 g/mol. The van der Waals surface area contributed by atoms with E-state index in [4.69, 9.17) is 0 Å². The number of carbonyl (C=O) groups is 3. The van der Waals surface area contributed by atoms with Crippen LogP contribution in [-0.2, 0) is 13.1 Å². The molecule has 4 atom stereocenters. The first-order valence-corrected chi connectivity index (χ1v) is 22.0. The van der Waals surface area contributed by atoms with E-state index in [2.05, 4.69) is 20.9 Å². The number of aliphatic hydroxyl groups excluding tert-OH is 1. The smallest absolute Gasteiger partial charge is 0.253 e. The minimum atomic E-state index is -1.12. The zero-order valence-electron chi connectivity index (χ0n) is 35.9. The third-order valence-corrected chi connectivity index (χ3v) is 12.3. The van der Waals surface area contributed by atoms with Gasteiger partial charge in [0.1, 0.15) is 23.6 Å². The number of halogens is 4. The molecule has 65 heavy (non-hydrogen) atoms. The molecule has 4 N–H and O–H groups in total. The van der Waals surface area contributed by atoms with Crippen molar-refractivity contribution < 1.29 is 37.1 Å². The van der Waals surface area contributed by atoms with Gasteiger partial charge >= 0.3 is 0 Å². The number of fused-ring (bicyclic) bond motifs is 2. The highest BCUT2D eigenvalue weighted by molar-refractivity contribution is 6.08. The van der Waals surface area contributed by atoms with Gasteiger partial charge in [0.2, 0.25) is 0 Å². The largest absolute Gasteiger partial charge is 0.391 e. The molecular weight excluding hydrogens is 837 g/mol. The maximum Gasteiger partial charge on any atom is 0.253 e. The van der Waals surface area contributed by atoms with Gasteiger partial charge in [-0.3, -0.25) is 19.4 Å². The number of hydrogen-bond donors (Lipinski definition) is 4. The Balaban J connectivity index is 0.000000177. The molecule has 14 heteroatoms. The van der Waals surface area contributed by atoms with Crippen LogP contribution in [0.5, 0.6) is 0 Å². The van der Waals surface area contributed by atoms with Crippen LogP contribution in [0.15, 0.2) is 116 Å². The Kier molecular flexibility index (Phi) is 13.7. The molecular formula is C51H50F4N6O4. The lowest BCUT2D eigenvalue weighted by molar-refractivity contribution is 0.0718. The summed E-state index contributed by atoms with van der Waals surface area (Å²) in [5, 5.41) is 18.7. The van der Waals surface area contributed by atoms with Gasteiger partial charge in [-0.25, -0.2) is 17.6 Å². The van der Waals surface area contributed by atoms with Crippen LogP contribution in [0, 0.1) is 17.5 Å². The Labute approximate surface area is 373 Å². The Hall–Kier alpha value is -6.80. The molecule has 3 heterocycles. The van der Waals surface area contributed by atoms with Gasteiger partial charge in [-0.1, -0.05) is 80.3 Å². The number of aromatic nitrogens is 3. The first kappa shape index (κ1) is 44.8. The van der Waals surface area contributed by atoms with Crippen molar-refractivity contribution in [3.8, 4) is 11.3 Å². The highest BCUT2D eigenvalue weighted by Gasteiger charge is 2.29. The summed E-state index contributed by atoms with van der Waals surface area (Å²) in [7, 11) is 1.42. The minimum absolute atomic E-state index is 0.0759. The van der Waals surface area contributed by atoms with Crippen LogP contribution in [0.4, 0.5) is 17.6 Å². The fourth-order valence-electron chi connectivity index (χ4n) is 8.91. The van der Waals surface area contributed by atoms with Gasteiger partial charge in [-0.2, -0.15) is 0 Å². The number of amides is 3. The summed E-state index contributed by atoms with van der Waals surface area (Å²) in [6.07, 6.45) is 9.23. The maximum absolute atomic E-state index is 14.8. The van der Waals surface area contributed by atoms with E-state index in [1.807, 2.05) is 59.3 Å². The van der Waals surface area contributed by atoms with Crippen molar-refractivity contribution in [2.24, 2.45) is 0 Å². The summed E-state index contributed by atoms with van der Waals surface area (Å²) in [6.45, 7) is 0.620. The molecule has 336 valence electrons. The predicted molar refractivity (Wildman–Crippen MR) is 242 cm³/mol. The molecule has 7 aromatic rings. The SMILES string of the molecule is CNC(=O)c1ccc(Cn2cc(C(=O)NC3CCCCC3F)c3c(F)cccc32)cc1F.O=C(N[C@H]1CCCC[C@@H]1O)c1cn(Cc2ccc(-c3ccccc3)nc2)c2cccc(F)c12. The molecule has 9 rings (SSSR count). The number of rotatable bonds is 10. The van der Waals surface area contributed by atoms with Crippen LogP contribution in [0.3, 0.4) is 0 Å².